The molecule has 152 valence electrons. The van der Waals surface area contributed by atoms with Gasteiger partial charge in [-0.05, 0) is 24.3 Å². The van der Waals surface area contributed by atoms with Crippen LogP contribution in [0.4, 0.5) is 0 Å². The summed E-state index contributed by atoms with van der Waals surface area (Å²) in [5, 5.41) is 18.3. The number of rotatable bonds is 4. The van der Waals surface area contributed by atoms with Crippen molar-refractivity contribution < 1.29 is 38.7 Å². The number of aromatic carboxylic acids is 2. The Balaban J connectivity index is 1.37. The smallest absolute Gasteiger partial charge is 0.335 e. The number of hydrogen-bond donors (Lipinski definition) is 2. The molecule has 8 nitrogen and oxygen atoms in total. The van der Waals surface area contributed by atoms with Crippen LogP contribution in [0.5, 0.6) is 0 Å². The third-order valence-corrected chi connectivity index (χ3v) is 4.98. The van der Waals surface area contributed by atoms with Crippen molar-refractivity contribution in [1.29, 1.82) is 0 Å². The van der Waals surface area contributed by atoms with E-state index in [1.807, 2.05) is 0 Å². The highest BCUT2D eigenvalue weighted by Crippen LogP contribution is 2.38. The minimum Gasteiger partial charge on any atom is -0.478 e. The van der Waals surface area contributed by atoms with Crippen molar-refractivity contribution in [3.63, 3.8) is 0 Å². The fraction of sp³-hybridized carbons (Fsp3) is 0.333. The zero-order chi connectivity index (χ0) is 20.4. The number of ether oxygens (including phenoxy) is 4. The van der Waals surface area contributed by atoms with E-state index < -0.39 is 29.9 Å². The second kappa shape index (κ2) is 7.92. The van der Waals surface area contributed by atoms with E-state index in [0.717, 1.165) is 0 Å². The molecule has 2 fully saturated rings. The fourth-order valence-corrected chi connectivity index (χ4v) is 3.38. The maximum atomic E-state index is 11.1. The van der Waals surface area contributed by atoms with Crippen molar-refractivity contribution in [2.45, 2.75) is 12.6 Å². The summed E-state index contributed by atoms with van der Waals surface area (Å²) < 4.78 is 23.3. The Bertz CT molecular complexity index is 829. The van der Waals surface area contributed by atoms with E-state index in [9.17, 15) is 9.59 Å². The van der Waals surface area contributed by atoms with Crippen molar-refractivity contribution in [1.82, 2.24) is 0 Å². The van der Waals surface area contributed by atoms with Gasteiger partial charge in [-0.1, -0.05) is 24.3 Å². The van der Waals surface area contributed by atoms with Gasteiger partial charge in [-0.2, -0.15) is 0 Å². The van der Waals surface area contributed by atoms with Crippen LogP contribution in [0.3, 0.4) is 0 Å². The summed E-state index contributed by atoms with van der Waals surface area (Å²) in [4.78, 5) is 22.3. The quantitative estimate of drug-likeness (QED) is 0.806. The Labute approximate surface area is 166 Å². The van der Waals surface area contributed by atoms with Crippen molar-refractivity contribution in [3.05, 3.63) is 70.8 Å². The highest BCUT2D eigenvalue weighted by Gasteiger charge is 2.42. The summed E-state index contributed by atoms with van der Waals surface area (Å²) in [6.07, 6.45) is -1.30. The molecule has 2 saturated heterocycles. The predicted octanol–water partition coefficient (Wildman–Crippen LogP) is 2.86. The first-order chi connectivity index (χ1) is 14.0. The van der Waals surface area contributed by atoms with Crippen LogP contribution in [0, 0.1) is 5.41 Å². The van der Waals surface area contributed by atoms with Crippen molar-refractivity contribution in [2.75, 3.05) is 26.4 Å². The van der Waals surface area contributed by atoms with Crippen LogP contribution in [0.2, 0.25) is 0 Å². The number of benzene rings is 2. The molecule has 0 aliphatic carbocycles. The average molecular weight is 400 g/mol. The first-order valence-electron chi connectivity index (χ1n) is 9.09. The third kappa shape index (κ3) is 4.15. The van der Waals surface area contributed by atoms with Gasteiger partial charge in [-0.25, -0.2) is 9.59 Å². The predicted molar refractivity (Wildman–Crippen MR) is 98.5 cm³/mol. The lowest BCUT2D eigenvalue weighted by molar-refractivity contribution is -0.307. The molecule has 0 radical (unpaired) electrons. The maximum Gasteiger partial charge on any atom is 0.335 e. The van der Waals surface area contributed by atoms with E-state index in [1.165, 1.54) is 24.3 Å². The summed E-state index contributed by atoms with van der Waals surface area (Å²) in [6.45, 7) is 1.32. The topological polar surface area (TPSA) is 112 Å². The fourth-order valence-electron chi connectivity index (χ4n) is 3.38. The van der Waals surface area contributed by atoms with Crippen LogP contribution in [-0.2, 0) is 18.9 Å². The minimum absolute atomic E-state index is 0.172. The molecule has 8 heteroatoms. The summed E-state index contributed by atoms with van der Waals surface area (Å²) >= 11 is 0. The zero-order valence-corrected chi connectivity index (χ0v) is 15.4. The average Bonchev–Trinajstić information content (AvgIpc) is 2.75. The van der Waals surface area contributed by atoms with E-state index in [4.69, 9.17) is 29.2 Å². The summed E-state index contributed by atoms with van der Waals surface area (Å²) in [6, 6.07) is 12.9. The maximum absolute atomic E-state index is 11.1. The number of carbonyl (C=O) groups is 2. The molecule has 2 heterocycles. The monoisotopic (exact) mass is 400 g/mol. The molecule has 0 bridgehead atoms. The van der Waals surface area contributed by atoms with E-state index in [0.29, 0.717) is 37.6 Å². The Morgan fingerprint density at radius 2 is 1.10 bits per heavy atom. The van der Waals surface area contributed by atoms with Gasteiger partial charge in [-0.3, -0.25) is 0 Å². The molecule has 2 N–H and O–H groups in total. The van der Waals surface area contributed by atoms with E-state index in [2.05, 4.69) is 0 Å². The van der Waals surface area contributed by atoms with Crippen LogP contribution in [0.15, 0.2) is 48.5 Å². The molecular formula is C21H20O8. The van der Waals surface area contributed by atoms with Crippen LogP contribution in [-0.4, -0.2) is 48.6 Å². The van der Waals surface area contributed by atoms with Gasteiger partial charge >= 0.3 is 11.9 Å². The summed E-state index contributed by atoms with van der Waals surface area (Å²) in [5.41, 5.74) is 1.15. The van der Waals surface area contributed by atoms with Gasteiger partial charge in [0.1, 0.15) is 0 Å². The van der Waals surface area contributed by atoms with Gasteiger partial charge in [0, 0.05) is 11.1 Å². The lowest BCUT2D eigenvalue weighted by atomic mass is 9.90. The lowest BCUT2D eigenvalue weighted by Crippen LogP contribution is -2.49. The Kier molecular flexibility index (Phi) is 5.33. The van der Waals surface area contributed by atoms with E-state index in [1.54, 1.807) is 24.3 Å². The molecule has 2 aromatic rings. The van der Waals surface area contributed by atoms with Crippen LogP contribution in [0.1, 0.15) is 44.4 Å². The highest BCUT2D eigenvalue weighted by atomic mass is 16.7. The van der Waals surface area contributed by atoms with Gasteiger partial charge in [-0.15, -0.1) is 0 Å². The van der Waals surface area contributed by atoms with Gasteiger partial charge in [0.25, 0.3) is 0 Å². The van der Waals surface area contributed by atoms with Gasteiger partial charge in [0.2, 0.25) is 0 Å². The Morgan fingerprint density at radius 3 is 1.45 bits per heavy atom. The van der Waals surface area contributed by atoms with Gasteiger partial charge in [0.15, 0.2) is 12.6 Å². The molecular weight excluding hydrogens is 380 g/mol. The lowest BCUT2D eigenvalue weighted by Gasteiger charge is -2.43. The van der Waals surface area contributed by atoms with Crippen molar-refractivity contribution in [3.8, 4) is 0 Å². The third-order valence-electron chi connectivity index (χ3n) is 4.98. The number of hydrogen-bond acceptors (Lipinski definition) is 6. The molecule has 2 aliphatic rings. The molecule has 0 unspecified atom stereocenters. The van der Waals surface area contributed by atoms with Crippen molar-refractivity contribution >= 4 is 11.9 Å². The molecule has 2 aliphatic heterocycles. The van der Waals surface area contributed by atoms with E-state index >= 15 is 0 Å². The largest absolute Gasteiger partial charge is 0.478 e. The van der Waals surface area contributed by atoms with Crippen molar-refractivity contribution in [2.24, 2.45) is 5.41 Å². The second-order valence-electron chi connectivity index (χ2n) is 7.27. The highest BCUT2D eigenvalue weighted by molar-refractivity contribution is 5.88. The first-order valence-corrected chi connectivity index (χ1v) is 9.09. The standard InChI is InChI=1S/C21H20O8/c22-17(23)13-3-1-5-15(7-13)19-26-9-21(10-27-19)11-28-20(29-12-21)16-6-2-4-14(8-16)18(24)25/h1-8,19-20H,9-12H2,(H,22,23)(H,24,25). The second-order valence-corrected chi connectivity index (χ2v) is 7.27. The normalized spacial score (nSPS) is 26.9. The molecule has 1 spiro atoms. The molecule has 0 amide bonds. The molecule has 0 atom stereocenters. The van der Waals surface area contributed by atoms with Crippen LogP contribution >= 0.6 is 0 Å². The van der Waals surface area contributed by atoms with Crippen LogP contribution < -0.4 is 0 Å². The molecule has 2 aromatic carbocycles. The zero-order valence-electron chi connectivity index (χ0n) is 15.4. The molecule has 4 rings (SSSR count). The molecule has 29 heavy (non-hydrogen) atoms. The first kappa shape index (κ1) is 19.5. The molecule has 0 aromatic heterocycles. The van der Waals surface area contributed by atoms with E-state index in [-0.39, 0.29) is 11.1 Å². The Morgan fingerprint density at radius 1 is 0.724 bits per heavy atom. The van der Waals surface area contributed by atoms with Gasteiger partial charge in [0.05, 0.1) is 43.0 Å². The summed E-state index contributed by atoms with van der Waals surface area (Å²) in [7, 11) is 0. The minimum atomic E-state index is -1.01. The number of carboxylic acid groups (broad SMARTS) is 2. The van der Waals surface area contributed by atoms with Crippen LogP contribution in [0.25, 0.3) is 0 Å². The Hall–Kier alpha value is -2.78. The SMILES string of the molecule is O=C(O)c1cccc(C2OCC3(CO2)COC(c2cccc(C(=O)O)c2)OC3)c1. The van der Waals surface area contributed by atoms with Gasteiger partial charge < -0.3 is 29.2 Å². The molecule has 0 saturated carbocycles. The summed E-state index contributed by atoms with van der Waals surface area (Å²) in [5.74, 6) is -2.02. The number of carboxylic acids is 2.